The summed E-state index contributed by atoms with van der Waals surface area (Å²) in [6, 6.07) is 2.44. The number of carbonyl (C=O) groups excluding carboxylic acids is 1. The average molecular weight is 453 g/mol. The van der Waals surface area contributed by atoms with Crippen molar-refractivity contribution in [2.75, 3.05) is 5.73 Å². The van der Waals surface area contributed by atoms with Gasteiger partial charge in [0.05, 0.1) is 35.2 Å². The lowest BCUT2D eigenvalue weighted by Crippen LogP contribution is -2.35. The third-order valence-corrected chi connectivity index (χ3v) is 4.66. The number of hydrogen-bond acceptors (Lipinski definition) is 6. The van der Waals surface area contributed by atoms with E-state index in [1.54, 1.807) is 33.8 Å². The Labute approximate surface area is 185 Å². The van der Waals surface area contributed by atoms with Gasteiger partial charge in [0.25, 0.3) is 0 Å². The Morgan fingerprint density at radius 3 is 2.59 bits per heavy atom. The number of alkyl halides is 2. The van der Waals surface area contributed by atoms with Gasteiger partial charge >= 0.3 is 18.6 Å². The number of aliphatic carboxylic acids is 1. The molecule has 4 N–H and O–H groups in total. The predicted molar refractivity (Wildman–Crippen MR) is 114 cm³/mol. The summed E-state index contributed by atoms with van der Waals surface area (Å²) in [6.45, 7) is 3.90. The Morgan fingerprint density at radius 2 is 2.00 bits per heavy atom. The molecule has 0 aliphatic rings. The molecular weight excluding hydrogens is 424 g/mol. The van der Waals surface area contributed by atoms with Crippen molar-refractivity contribution >= 4 is 17.7 Å². The number of amides is 1. The fraction of sp³-hybridized carbons (Fsp3) is 0.524. The van der Waals surface area contributed by atoms with Crippen LogP contribution in [0.3, 0.4) is 0 Å². The molecule has 11 heteroatoms. The molecule has 2 heterocycles. The topological polar surface area (TPSA) is 132 Å². The van der Waals surface area contributed by atoms with E-state index in [4.69, 9.17) is 15.6 Å². The van der Waals surface area contributed by atoms with E-state index in [1.807, 2.05) is 0 Å². The summed E-state index contributed by atoms with van der Waals surface area (Å²) in [5.41, 5.74) is 6.01. The monoisotopic (exact) mass is 453 g/mol. The first-order valence-corrected chi connectivity index (χ1v) is 10.2. The second kappa shape index (κ2) is 10.4. The zero-order valence-corrected chi connectivity index (χ0v) is 18.5. The van der Waals surface area contributed by atoms with Crippen LogP contribution in [0.1, 0.15) is 65.2 Å². The van der Waals surface area contributed by atoms with E-state index in [-0.39, 0.29) is 11.4 Å². The highest BCUT2D eigenvalue weighted by atomic mass is 19.3. The SMILES string of the molecule is CC(CCCC(NC(=O)OC(C)(C)C)c1cc(-c2c(N)cnn2C(F)F)ccn1)C(=O)O. The first-order valence-electron chi connectivity index (χ1n) is 10.2. The molecule has 0 radical (unpaired) electrons. The number of carboxylic acids is 1. The molecule has 2 rings (SSSR count). The molecule has 2 unspecified atom stereocenters. The van der Waals surface area contributed by atoms with Gasteiger partial charge in [-0.05, 0) is 45.7 Å². The number of carbonyl (C=O) groups is 2. The van der Waals surface area contributed by atoms with Crippen molar-refractivity contribution in [1.29, 1.82) is 0 Å². The van der Waals surface area contributed by atoms with E-state index >= 15 is 0 Å². The number of nitrogens with zero attached hydrogens (tertiary/aromatic N) is 3. The van der Waals surface area contributed by atoms with E-state index in [0.29, 0.717) is 35.2 Å². The summed E-state index contributed by atoms with van der Waals surface area (Å²) in [4.78, 5) is 27.8. The van der Waals surface area contributed by atoms with E-state index in [1.165, 1.54) is 12.3 Å². The number of nitrogens with two attached hydrogens (primary N) is 1. The Hall–Kier alpha value is -3.24. The molecule has 0 aliphatic heterocycles. The number of halogens is 2. The van der Waals surface area contributed by atoms with Gasteiger partial charge in [0.1, 0.15) is 5.60 Å². The fourth-order valence-electron chi connectivity index (χ4n) is 3.10. The molecular formula is C21H29F2N5O4. The largest absolute Gasteiger partial charge is 0.481 e. The van der Waals surface area contributed by atoms with Crippen molar-refractivity contribution < 1.29 is 28.2 Å². The van der Waals surface area contributed by atoms with Crippen LogP contribution in [-0.4, -0.2) is 37.5 Å². The normalized spacial score (nSPS) is 13.6. The quantitative estimate of drug-likeness (QED) is 0.513. The van der Waals surface area contributed by atoms with Crippen LogP contribution in [-0.2, 0) is 9.53 Å². The number of nitrogen functional groups attached to an aromatic ring is 1. The van der Waals surface area contributed by atoms with Crippen LogP contribution in [0.25, 0.3) is 11.3 Å². The van der Waals surface area contributed by atoms with Crippen LogP contribution < -0.4 is 11.1 Å². The molecule has 2 atom stereocenters. The Kier molecular flexibility index (Phi) is 8.12. The third kappa shape index (κ3) is 6.89. The zero-order chi connectivity index (χ0) is 24.1. The maximum Gasteiger partial charge on any atom is 0.408 e. The van der Waals surface area contributed by atoms with Crippen LogP contribution in [0.5, 0.6) is 0 Å². The van der Waals surface area contributed by atoms with E-state index in [9.17, 15) is 18.4 Å². The Balaban J connectivity index is 2.32. The molecule has 2 aromatic heterocycles. The van der Waals surface area contributed by atoms with Crippen molar-refractivity contribution in [1.82, 2.24) is 20.1 Å². The number of rotatable bonds is 9. The maximum absolute atomic E-state index is 13.3. The minimum absolute atomic E-state index is 0.0409. The highest BCUT2D eigenvalue weighted by Gasteiger charge is 2.24. The van der Waals surface area contributed by atoms with Gasteiger partial charge in [0.2, 0.25) is 0 Å². The van der Waals surface area contributed by atoms with Crippen molar-refractivity contribution in [3.05, 3.63) is 30.2 Å². The molecule has 0 fully saturated rings. The highest BCUT2D eigenvalue weighted by molar-refractivity contribution is 5.73. The van der Waals surface area contributed by atoms with Crippen molar-refractivity contribution in [2.24, 2.45) is 5.92 Å². The summed E-state index contributed by atoms with van der Waals surface area (Å²) in [7, 11) is 0. The van der Waals surface area contributed by atoms with Gasteiger partial charge < -0.3 is 20.9 Å². The average Bonchev–Trinajstić information content (AvgIpc) is 3.07. The standard InChI is InChI=1S/C21H29F2N5O4/c1-12(18(29)30)6-5-7-15(27-20(31)32-21(2,3)4)16-10-13(8-9-25-16)17-14(24)11-26-28(17)19(22)23/h8-12,15,19H,5-7,24H2,1-4H3,(H,27,31)(H,29,30). The number of hydrogen-bond donors (Lipinski definition) is 3. The predicted octanol–water partition coefficient (Wildman–Crippen LogP) is 4.38. The van der Waals surface area contributed by atoms with Gasteiger partial charge in [-0.2, -0.15) is 13.9 Å². The zero-order valence-electron chi connectivity index (χ0n) is 18.5. The van der Waals surface area contributed by atoms with Gasteiger partial charge in [-0.3, -0.25) is 9.78 Å². The fourth-order valence-corrected chi connectivity index (χ4v) is 3.10. The van der Waals surface area contributed by atoms with Crippen LogP contribution in [0.2, 0.25) is 0 Å². The van der Waals surface area contributed by atoms with E-state index < -0.39 is 36.2 Å². The molecule has 176 valence electrons. The summed E-state index contributed by atoms with van der Waals surface area (Å²) < 4.78 is 32.5. The number of alkyl carbamates (subject to hydrolysis) is 1. The van der Waals surface area contributed by atoms with Crippen LogP contribution in [0.4, 0.5) is 19.3 Å². The maximum atomic E-state index is 13.3. The number of pyridine rings is 1. The lowest BCUT2D eigenvalue weighted by atomic mass is 9.99. The van der Waals surface area contributed by atoms with Crippen LogP contribution >= 0.6 is 0 Å². The Morgan fingerprint density at radius 1 is 1.31 bits per heavy atom. The number of anilines is 1. The molecule has 0 aromatic carbocycles. The number of nitrogens with one attached hydrogen (secondary N) is 1. The van der Waals surface area contributed by atoms with Crippen LogP contribution in [0, 0.1) is 5.92 Å². The second-order valence-corrected chi connectivity index (χ2v) is 8.51. The van der Waals surface area contributed by atoms with Crippen molar-refractivity contribution in [3.8, 4) is 11.3 Å². The highest BCUT2D eigenvalue weighted by Crippen LogP contribution is 2.31. The number of ether oxygens (including phenoxy) is 1. The lowest BCUT2D eigenvalue weighted by molar-refractivity contribution is -0.141. The second-order valence-electron chi connectivity index (χ2n) is 8.51. The molecule has 2 aromatic rings. The molecule has 0 saturated heterocycles. The molecule has 0 spiro atoms. The molecule has 0 bridgehead atoms. The van der Waals surface area contributed by atoms with Crippen LogP contribution in [0.15, 0.2) is 24.5 Å². The first kappa shape index (κ1) is 25.0. The van der Waals surface area contributed by atoms with Crippen molar-refractivity contribution in [3.63, 3.8) is 0 Å². The minimum Gasteiger partial charge on any atom is -0.481 e. The first-order chi connectivity index (χ1) is 14.9. The van der Waals surface area contributed by atoms with E-state index in [2.05, 4.69) is 15.4 Å². The minimum atomic E-state index is -2.88. The third-order valence-electron chi connectivity index (χ3n) is 4.66. The molecule has 0 aliphatic carbocycles. The van der Waals surface area contributed by atoms with E-state index in [0.717, 1.165) is 6.20 Å². The van der Waals surface area contributed by atoms with Crippen molar-refractivity contribution in [2.45, 2.75) is 65.1 Å². The van der Waals surface area contributed by atoms with Gasteiger partial charge in [0.15, 0.2) is 0 Å². The molecule has 32 heavy (non-hydrogen) atoms. The summed E-state index contributed by atoms with van der Waals surface area (Å²) in [5, 5.41) is 15.5. The summed E-state index contributed by atoms with van der Waals surface area (Å²) >= 11 is 0. The molecule has 1 amide bonds. The molecule has 0 saturated carbocycles. The van der Waals surface area contributed by atoms with Gasteiger partial charge in [-0.15, -0.1) is 0 Å². The smallest absolute Gasteiger partial charge is 0.408 e. The number of aromatic nitrogens is 3. The summed E-state index contributed by atoms with van der Waals surface area (Å²) in [6.07, 6.45) is 3.15. The number of carboxylic acid groups (broad SMARTS) is 1. The lowest BCUT2D eigenvalue weighted by Gasteiger charge is -2.24. The van der Waals surface area contributed by atoms with Gasteiger partial charge in [-0.1, -0.05) is 13.3 Å². The van der Waals surface area contributed by atoms with Gasteiger partial charge in [-0.25, -0.2) is 9.48 Å². The summed E-state index contributed by atoms with van der Waals surface area (Å²) in [5.74, 6) is -1.45. The Bertz CT molecular complexity index is 943. The van der Waals surface area contributed by atoms with Gasteiger partial charge in [0, 0.05) is 11.8 Å². The molecule has 9 nitrogen and oxygen atoms in total.